The van der Waals surface area contributed by atoms with Gasteiger partial charge in [0.25, 0.3) is 0 Å². The fraction of sp³-hybridized carbons (Fsp3) is 0.750. The molecule has 1 aliphatic carbocycles. The van der Waals surface area contributed by atoms with Crippen LogP contribution in [0.25, 0.3) is 0 Å². The molecule has 0 spiro atoms. The number of rotatable bonds is 1. The second-order valence-electron chi connectivity index (χ2n) is 4.44. The van der Waals surface area contributed by atoms with E-state index in [1.54, 1.807) is 0 Å². The molecule has 15 heavy (non-hydrogen) atoms. The molecule has 2 atom stereocenters. The standard InChI is InChI=1S/C12H19NO2/c1-9-10(2)15-8-7-13(9)12(14)11-5-3-4-6-11/h5,9-10H,3-4,6-8H2,1-2H3/t9-,10-/m0/s1. The molecule has 0 aromatic heterocycles. The zero-order valence-electron chi connectivity index (χ0n) is 9.53. The third-order valence-electron chi connectivity index (χ3n) is 3.46. The van der Waals surface area contributed by atoms with Gasteiger partial charge in [0, 0.05) is 12.1 Å². The summed E-state index contributed by atoms with van der Waals surface area (Å²) in [4.78, 5) is 14.1. The number of ether oxygens (including phenoxy) is 1. The van der Waals surface area contributed by atoms with Crippen molar-refractivity contribution in [3.05, 3.63) is 11.6 Å². The molecule has 1 aliphatic heterocycles. The molecule has 2 aliphatic rings. The van der Waals surface area contributed by atoms with Crippen LogP contribution in [0.1, 0.15) is 33.1 Å². The Labute approximate surface area is 91.1 Å². The lowest BCUT2D eigenvalue weighted by Crippen LogP contribution is -2.51. The predicted molar refractivity (Wildman–Crippen MR) is 58.5 cm³/mol. The highest BCUT2D eigenvalue weighted by molar-refractivity contribution is 5.94. The minimum Gasteiger partial charge on any atom is -0.375 e. The van der Waals surface area contributed by atoms with Crippen LogP contribution in [-0.4, -0.2) is 36.1 Å². The summed E-state index contributed by atoms with van der Waals surface area (Å²) in [5.74, 6) is 0.232. The lowest BCUT2D eigenvalue weighted by Gasteiger charge is -2.38. The van der Waals surface area contributed by atoms with Crippen LogP contribution >= 0.6 is 0 Å². The first-order valence-corrected chi connectivity index (χ1v) is 5.82. The molecule has 2 rings (SSSR count). The topological polar surface area (TPSA) is 29.5 Å². The number of carbonyl (C=O) groups is 1. The van der Waals surface area contributed by atoms with Crippen LogP contribution in [0, 0.1) is 0 Å². The third-order valence-corrected chi connectivity index (χ3v) is 3.46. The number of hydrogen-bond acceptors (Lipinski definition) is 2. The summed E-state index contributed by atoms with van der Waals surface area (Å²) in [6, 6.07) is 0.202. The van der Waals surface area contributed by atoms with Crippen molar-refractivity contribution >= 4 is 5.91 Å². The van der Waals surface area contributed by atoms with Crippen LogP contribution in [0.3, 0.4) is 0 Å². The summed E-state index contributed by atoms with van der Waals surface area (Å²) >= 11 is 0. The lowest BCUT2D eigenvalue weighted by atomic mass is 10.1. The van der Waals surface area contributed by atoms with E-state index in [4.69, 9.17) is 4.74 Å². The van der Waals surface area contributed by atoms with Crippen molar-refractivity contribution in [1.29, 1.82) is 0 Å². The highest BCUT2D eigenvalue weighted by atomic mass is 16.5. The highest BCUT2D eigenvalue weighted by Gasteiger charge is 2.30. The smallest absolute Gasteiger partial charge is 0.249 e. The van der Waals surface area contributed by atoms with Crippen LogP contribution in [0.4, 0.5) is 0 Å². The molecule has 0 aromatic rings. The zero-order valence-corrected chi connectivity index (χ0v) is 9.53. The van der Waals surface area contributed by atoms with Gasteiger partial charge in [-0.2, -0.15) is 0 Å². The van der Waals surface area contributed by atoms with E-state index in [0.717, 1.165) is 31.4 Å². The predicted octanol–water partition coefficient (Wildman–Crippen LogP) is 1.73. The molecule has 0 saturated carbocycles. The molecule has 1 saturated heterocycles. The van der Waals surface area contributed by atoms with Gasteiger partial charge in [-0.1, -0.05) is 6.08 Å². The Morgan fingerprint density at radius 2 is 2.33 bits per heavy atom. The molecule has 1 fully saturated rings. The van der Waals surface area contributed by atoms with Gasteiger partial charge in [-0.3, -0.25) is 4.79 Å². The SMILES string of the molecule is C[C@@H]1OCCN(C(=O)C2=CCCC2)[C@H]1C. The Morgan fingerprint density at radius 1 is 1.53 bits per heavy atom. The number of carbonyl (C=O) groups excluding carboxylic acids is 1. The van der Waals surface area contributed by atoms with E-state index in [0.29, 0.717) is 6.61 Å². The number of amides is 1. The van der Waals surface area contributed by atoms with Gasteiger partial charge in [0.05, 0.1) is 18.8 Å². The molecule has 0 aromatic carbocycles. The summed E-state index contributed by atoms with van der Waals surface area (Å²) in [5.41, 5.74) is 1.01. The molecule has 3 heteroatoms. The fourth-order valence-corrected chi connectivity index (χ4v) is 2.27. The van der Waals surface area contributed by atoms with Crippen molar-refractivity contribution in [2.24, 2.45) is 0 Å². The second-order valence-corrected chi connectivity index (χ2v) is 4.44. The first kappa shape index (κ1) is 10.7. The lowest BCUT2D eigenvalue weighted by molar-refractivity contribution is -0.139. The molecule has 0 unspecified atom stereocenters. The van der Waals surface area contributed by atoms with Crippen LogP contribution in [0.15, 0.2) is 11.6 Å². The van der Waals surface area contributed by atoms with Gasteiger partial charge < -0.3 is 9.64 Å². The normalized spacial score (nSPS) is 31.6. The maximum Gasteiger partial charge on any atom is 0.249 e. The fourth-order valence-electron chi connectivity index (χ4n) is 2.27. The maximum absolute atomic E-state index is 12.2. The zero-order chi connectivity index (χ0) is 10.8. The van der Waals surface area contributed by atoms with Gasteiger partial charge in [0.2, 0.25) is 5.91 Å². The summed E-state index contributed by atoms with van der Waals surface area (Å²) in [7, 11) is 0. The second kappa shape index (κ2) is 4.35. The maximum atomic E-state index is 12.2. The summed E-state index contributed by atoms with van der Waals surface area (Å²) in [5, 5.41) is 0. The molecule has 1 amide bonds. The highest BCUT2D eigenvalue weighted by Crippen LogP contribution is 2.23. The van der Waals surface area contributed by atoms with Gasteiger partial charge in [-0.25, -0.2) is 0 Å². The molecule has 0 bridgehead atoms. The van der Waals surface area contributed by atoms with E-state index in [9.17, 15) is 4.79 Å². The van der Waals surface area contributed by atoms with E-state index in [2.05, 4.69) is 13.0 Å². The van der Waals surface area contributed by atoms with Crippen molar-refractivity contribution in [2.75, 3.05) is 13.2 Å². The van der Waals surface area contributed by atoms with Crippen molar-refractivity contribution in [1.82, 2.24) is 4.90 Å². The number of allylic oxidation sites excluding steroid dienone is 1. The Hall–Kier alpha value is -0.830. The van der Waals surface area contributed by atoms with E-state index in [1.165, 1.54) is 0 Å². The largest absolute Gasteiger partial charge is 0.375 e. The number of hydrogen-bond donors (Lipinski definition) is 0. The van der Waals surface area contributed by atoms with Crippen molar-refractivity contribution < 1.29 is 9.53 Å². The van der Waals surface area contributed by atoms with E-state index < -0.39 is 0 Å². The Morgan fingerprint density at radius 3 is 3.00 bits per heavy atom. The van der Waals surface area contributed by atoms with Crippen LogP contribution < -0.4 is 0 Å². The van der Waals surface area contributed by atoms with Gasteiger partial charge in [0.1, 0.15) is 0 Å². The number of nitrogens with zero attached hydrogens (tertiary/aromatic N) is 1. The van der Waals surface area contributed by atoms with Gasteiger partial charge >= 0.3 is 0 Å². The van der Waals surface area contributed by atoms with E-state index in [-0.39, 0.29) is 18.1 Å². The quantitative estimate of drug-likeness (QED) is 0.658. The van der Waals surface area contributed by atoms with Gasteiger partial charge in [-0.05, 0) is 33.1 Å². The summed E-state index contributed by atoms with van der Waals surface area (Å²) in [6.07, 6.45) is 5.40. The third kappa shape index (κ3) is 2.07. The minimum atomic E-state index is 0.157. The first-order chi connectivity index (χ1) is 7.20. The molecular formula is C12H19NO2. The molecule has 0 radical (unpaired) electrons. The average Bonchev–Trinajstić information content (AvgIpc) is 2.74. The molecule has 0 N–H and O–H groups in total. The Kier molecular flexibility index (Phi) is 3.10. The Bertz CT molecular complexity index is 285. The first-order valence-electron chi connectivity index (χ1n) is 5.82. The Balaban J connectivity index is 2.05. The molecule has 1 heterocycles. The van der Waals surface area contributed by atoms with Crippen LogP contribution in [0.5, 0.6) is 0 Å². The molecule has 84 valence electrons. The number of morpholine rings is 1. The van der Waals surface area contributed by atoms with Crippen molar-refractivity contribution in [3.8, 4) is 0 Å². The van der Waals surface area contributed by atoms with E-state index in [1.807, 2.05) is 11.8 Å². The van der Waals surface area contributed by atoms with E-state index >= 15 is 0 Å². The van der Waals surface area contributed by atoms with Crippen LogP contribution in [-0.2, 0) is 9.53 Å². The summed E-state index contributed by atoms with van der Waals surface area (Å²) < 4.78 is 5.52. The monoisotopic (exact) mass is 209 g/mol. The minimum absolute atomic E-state index is 0.157. The summed E-state index contributed by atoms with van der Waals surface area (Å²) in [6.45, 7) is 5.51. The van der Waals surface area contributed by atoms with Gasteiger partial charge in [0.15, 0.2) is 0 Å². The van der Waals surface area contributed by atoms with Crippen molar-refractivity contribution in [2.45, 2.75) is 45.3 Å². The van der Waals surface area contributed by atoms with Crippen molar-refractivity contribution in [3.63, 3.8) is 0 Å². The van der Waals surface area contributed by atoms with Crippen LogP contribution in [0.2, 0.25) is 0 Å². The molecule has 3 nitrogen and oxygen atoms in total. The molecular weight excluding hydrogens is 190 g/mol. The average molecular weight is 209 g/mol. The van der Waals surface area contributed by atoms with Gasteiger partial charge in [-0.15, -0.1) is 0 Å².